The fraction of sp³-hybridized carbons (Fsp3) is 0.100. The van der Waals surface area contributed by atoms with E-state index in [1.165, 1.54) is 0 Å². The van der Waals surface area contributed by atoms with E-state index >= 15 is 0 Å². The molecule has 128 valence electrons. The topological polar surface area (TPSA) is 51.7 Å². The van der Waals surface area contributed by atoms with E-state index in [-0.39, 0.29) is 6.04 Å². The number of hydrogen-bond donors (Lipinski definition) is 0. The molecule has 2 aromatic carbocycles. The van der Waals surface area contributed by atoms with Crippen LogP contribution in [0.3, 0.4) is 0 Å². The highest BCUT2D eigenvalue weighted by Gasteiger charge is 2.48. The molecule has 0 saturated carbocycles. The van der Waals surface area contributed by atoms with Crippen LogP contribution in [0.4, 0.5) is 10.5 Å². The third-order valence-electron chi connectivity index (χ3n) is 4.66. The number of nitrogens with zero attached hydrogens (tertiary/aromatic N) is 2. The molecule has 2 atom stereocenters. The van der Waals surface area contributed by atoms with E-state index < -0.39 is 12.2 Å². The van der Waals surface area contributed by atoms with Crippen LogP contribution in [0.25, 0.3) is 0 Å². The Labute approximate surface area is 154 Å². The van der Waals surface area contributed by atoms with Gasteiger partial charge in [-0.3, -0.25) is 9.88 Å². The highest BCUT2D eigenvalue weighted by molar-refractivity contribution is 6.31. The highest BCUT2D eigenvalue weighted by atomic mass is 35.5. The van der Waals surface area contributed by atoms with E-state index in [2.05, 4.69) is 4.98 Å². The molecule has 3 aromatic rings. The Morgan fingerprint density at radius 2 is 1.81 bits per heavy atom. The van der Waals surface area contributed by atoms with Gasteiger partial charge in [-0.15, -0.1) is 0 Å². The first-order valence-electron chi connectivity index (χ1n) is 8.18. The molecule has 3 heterocycles. The first-order chi connectivity index (χ1) is 12.7. The molecule has 5 nitrogen and oxygen atoms in total. The van der Waals surface area contributed by atoms with Crippen LogP contribution in [-0.4, -0.2) is 11.1 Å². The molecule has 6 heteroatoms. The summed E-state index contributed by atoms with van der Waals surface area (Å²) in [4.78, 5) is 18.5. The minimum Gasteiger partial charge on any atom is -0.455 e. The lowest BCUT2D eigenvalue weighted by Gasteiger charge is -2.23. The Hall–Kier alpha value is -3.05. The number of fused-ring (bicyclic) bond motifs is 5. The molecular formula is C20H13ClN2O3. The van der Waals surface area contributed by atoms with E-state index in [0.29, 0.717) is 22.2 Å². The van der Waals surface area contributed by atoms with Crippen LogP contribution in [0.15, 0.2) is 67.0 Å². The zero-order valence-corrected chi connectivity index (χ0v) is 14.3. The molecule has 0 unspecified atom stereocenters. The normalized spacial score (nSPS) is 20.3. The highest BCUT2D eigenvalue weighted by Crippen LogP contribution is 2.53. The number of anilines is 1. The van der Waals surface area contributed by atoms with Gasteiger partial charge in [-0.2, -0.15) is 0 Å². The SMILES string of the molecule is O=C1O[C@H](c2ccncc2)[C@@H]2c3ccccc3Oc3ccc(Cl)cc3N12. The van der Waals surface area contributed by atoms with Gasteiger partial charge in [0.1, 0.15) is 11.8 Å². The molecule has 2 aliphatic heterocycles. The summed E-state index contributed by atoms with van der Waals surface area (Å²) in [6.07, 6.45) is 2.48. The van der Waals surface area contributed by atoms with Gasteiger partial charge in [0.15, 0.2) is 11.9 Å². The molecule has 0 spiro atoms. The first-order valence-corrected chi connectivity index (χ1v) is 8.56. The zero-order valence-electron chi connectivity index (χ0n) is 13.5. The summed E-state index contributed by atoms with van der Waals surface area (Å²) in [7, 11) is 0. The molecule has 0 N–H and O–H groups in total. The Kier molecular flexibility index (Phi) is 3.36. The summed E-state index contributed by atoms with van der Waals surface area (Å²) < 4.78 is 11.9. The molecule has 1 saturated heterocycles. The molecular weight excluding hydrogens is 352 g/mol. The number of carbonyl (C=O) groups is 1. The maximum Gasteiger partial charge on any atom is 0.415 e. The number of para-hydroxylation sites is 1. The lowest BCUT2D eigenvalue weighted by Crippen LogP contribution is -2.27. The van der Waals surface area contributed by atoms with E-state index in [1.54, 1.807) is 35.5 Å². The van der Waals surface area contributed by atoms with E-state index in [9.17, 15) is 4.79 Å². The van der Waals surface area contributed by atoms with Crippen LogP contribution in [0, 0.1) is 0 Å². The number of cyclic esters (lactones) is 1. The second-order valence-electron chi connectivity index (χ2n) is 6.15. The molecule has 26 heavy (non-hydrogen) atoms. The van der Waals surface area contributed by atoms with Gasteiger partial charge in [-0.1, -0.05) is 29.8 Å². The summed E-state index contributed by atoms with van der Waals surface area (Å²) in [6.45, 7) is 0. The monoisotopic (exact) mass is 364 g/mol. The van der Waals surface area contributed by atoms with Crippen LogP contribution < -0.4 is 9.64 Å². The predicted molar refractivity (Wildman–Crippen MR) is 96.6 cm³/mol. The van der Waals surface area contributed by atoms with Crippen molar-refractivity contribution in [3.05, 3.63) is 83.1 Å². The summed E-state index contributed by atoms with van der Waals surface area (Å²) >= 11 is 6.19. The van der Waals surface area contributed by atoms with E-state index in [1.807, 2.05) is 36.4 Å². The fourth-order valence-electron chi connectivity index (χ4n) is 3.53. The van der Waals surface area contributed by atoms with Gasteiger partial charge in [0.25, 0.3) is 0 Å². The Bertz CT molecular complexity index is 1010. The average Bonchev–Trinajstić information content (AvgIpc) is 2.93. The standard InChI is InChI=1S/C20H13ClN2O3/c21-13-5-6-17-15(11-13)23-18(14-3-1-2-4-16(14)25-17)19(26-20(23)24)12-7-9-22-10-8-12/h1-11,18-19H/t18-,19+/m0/s1. The molecule has 0 aliphatic carbocycles. The quantitative estimate of drug-likeness (QED) is 0.589. The van der Waals surface area contributed by atoms with Gasteiger partial charge in [-0.25, -0.2) is 4.79 Å². The average molecular weight is 365 g/mol. The molecule has 1 aromatic heterocycles. The Morgan fingerprint density at radius 3 is 2.65 bits per heavy atom. The lowest BCUT2D eigenvalue weighted by molar-refractivity contribution is 0.132. The van der Waals surface area contributed by atoms with Crippen molar-refractivity contribution in [1.82, 2.24) is 4.98 Å². The number of carbonyl (C=O) groups excluding carboxylic acids is 1. The molecule has 0 bridgehead atoms. The number of benzene rings is 2. The number of aromatic nitrogens is 1. The Balaban J connectivity index is 1.76. The summed E-state index contributed by atoms with van der Waals surface area (Å²) in [5.41, 5.74) is 2.36. The van der Waals surface area contributed by atoms with Crippen molar-refractivity contribution in [3.8, 4) is 11.5 Å². The number of hydrogen-bond acceptors (Lipinski definition) is 4. The number of pyridine rings is 1. The van der Waals surface area contributed by atoms with Crippen molar-refractivity contribution in [1.29, 1.82) is 0 Å². The Morgan fingerprint density at radius 1 is 1.00 bits per heavy atom. The summed E-state index contributed by atoms with van der Waals surface area (Å²) in [5, 5.41) is 0.525. The van der Waals surface area contributed by atoms with Gasteiger partial charge in [0, 0.05) is 23.0 Å². The van der Waals surface area contributed by atoms with Crippen LogP contribution in [0.1, 0.15) is 23.3 Å². The maximum atomic E-state index is 12.8. The second-order valence-corrected chi connectivity index (χ2v) is 6.59. The minimum atomic E-state index is -0.472. The van der Waals surface area contributed by atoms with Gasteiger partial charge >= 0.3 is 6.09 Å². The van der Waals surface area contributed by atoms with E-state index in [4.69, 9.17) is 21.1 Å². The van der Waals surface area contributed by atoms with Crippen molar-refractivity contribution in [2.24, 2.45) is 0 Å². The van der Waals surface area contributed by atoms with Crippen molar-refractivity contribution in [2.45, 2.75) is 12.1 Å². The largest absolute Gasteiger partial charge is 0.455 e. The number of ether oxygens (including phenoxy) is 2. The van der Waals surface area contributed by atoms with E-state index in [0.717, 1.165) is 11.1 Å². The smallest absolute Gasteiger partial charge is 0.415 e. The van der Waals surface area contributed by atoms with Crippen LogP contribution in [0.5, 0.6) is 11.5 Å². The van der Waals surface area contributed by atoms with Crippen molar-refractivity contribution < 1.29 is 14.3 Å². The van der Waals surface area contributed by atoms with Crippen LogP contribution in [-0.2, 0) is 4.74 Å². The molecule has 2 aliphatic rings. The molecule has 1 amide bonds. The summed E-state index contributed by atoms with van der Waals surface area (Å²) in [6, 6.07) is 16.3. The predicted octanol–water partition coefficient (Wildman–Crippen LogP) is 5.28. The van der Waals surface area contributed by atoms with Crippen LogP contribution in [0.2, 0.25) is 5.02 Å². The van der Waals surface area contributed by atoms with Crippen LogP contribution >= 0.6 is 11.6 Å². The van der Waals surface area contributed by atoms with Gasteiger partial charge < -0.3 is 9.47 Å². The molecule has 0 radical (unpaired) electrons. The zero-order chi connectivity index (χ0) is 17.7. The maximum absolute atomic E-state index is 12.8. The first kappa shape index (κ1) is 15.2. The number of rotatable bonds is 1. The van der Waals surface area contributed by atoms with Crippen molar-refractivity contribution in [3.63, 3.8) is 0 Å². The minimum absolute atomic E-state index is 0.360. The van der Waals surface area contributed by atoms with Gasteiger partial charge in [-0.05, 0) is 42.0 Å². The third kappa shape index (κ3) is 2.24. The third-order valence-corrected chi connectivity index (χ3v) is 4.90. The number of halogens is 1. The summed E-state index contributed by atoms with van der Waals surface area (Å²) in [5.74, 6) is 1.26. The van der Waals surface area contributed by atoms with Crippen molar-refractivity contribution >= 4 is 23.4 Å². The van der Waals surface area contributed by atoms with Gasteiger partial charge in [0.05, 0.1) is 5.69 Å². The lowest BCUT2D eigenvalue weighted by atomic mass is 9.95. The molecule has 1 fully saturated rings. The second kappa shape index (κ2) is 5.75. The van der Waals surface area contributed by atoms with Crippen molar-refractivity contribution in [2.75, 3.05) is 4.90 Å². The van der Waals surface area contributed by atoms with Gasteiger partial charge in [0.2, 0.25) is 0 Å². The number of amides is 1. The molecule has 5 rings (SSSR count). The fourth-order valence-corrected chi connectivity index (χ4v) is 3.70.